The molecule has 0 heterocycles. The zero-order valence-electron chi connectivity index (χ0n) is 11.3. The van der Waals surface area contributed by atoms with Crippen molar-refractivity contribution >= 4 is 11.4 Å². The van der Waals surface area contributed by atoms with Crippen molar-refractivity contribution < 1.29 is 4.74 Å². The van der Waals surface area contributed by atoms with Crippen molar-refractivity contribution in [2.75, 3.05) is 11.5 Å². The van der Waals surface area contributed by atoms with Gasteiger partial charge in [0.15, 0.2) is 0 Å². The van der Waals surface area contributed by atoms with Gasteiger partial charge in [0.1, 0.15) is 11.4 Å². The summed E-state index contributed by atoms with van der Waals surface area (Å²) in [5.41, 5.74) is 13.2. The van der Waals surface area contributed by atoms with Crippen LogP contribution in [0, 0.1) is 17.8 Å². The van der Waals surface area contributed by atoms with E-state index in [2.05, 4.69) is 0 Å². The van der Waals surface area contributed by atoms with Gasteiger partial charge in [-0.3, -0.25) is 0 Å². The number of nitrogens with two attached hydrogens (primary N) is 2. The standard InChI is InChI=1S/C16H22N2O/c17-13-4-14(18)6-15(5-13)19-16-7-10-1-11(8-16)3-12(2-10)9-16/h4-6,10-12H,1-3,7-9,17-18H2. The Morgan fingerprint density at radius 3 is 1.79 bits per heavy atom. The van der Waals surface area contributed by atoms with Gasteiger partial charge in [0, 0.05) is 23.5 Å². The van der Waals surface area contributed by atoms with Crippen LogP contribution in [0.2, 0.25) is 0 Å². The lowest BCUT2D eigenvalue weighted by atomic mass is 9.54. The van der Waals surface area contributed by atoms with E-state index in [1.807, 2.05) is 12.1 Å². The Balaban J connectivity index is 1.62. The topological polar surface area (TPSA) is 61.3 Å². The maximum absolute atomic E-state index is 6.42. The minimum absolute atomic E-state index is 0.0784. The second-order valence-corrected chi connectivity index (χ2v) is 7.04. The van der Waals surface area contributed by atoms with Crippen LogP contribution in [0.15, 0.2) is 18.2 Å². The van der Waals surface area contributed by atoms with Gasteiger partial charge in [-0.05, 0) is 62.3 Å². The summed E-state index contributed by atoms with van der Waals surface area (Å²) >= 11 is 0. The van der Waals surface area contributed by atoms with Gasteiger partial charge in [0.2, 0.25) is 0 Å². The molecule has 0 spiro atoms. The maximum atomic E-state index is 6.42. The summed E-state index contributed by atoms with van der Waals surface area (Å²) in [5.74, 6) is 3.54. The molecule has 5 rings (SSSR count). The lowest BCUT2D eigenvalue weighted by molar-refractivity contribution is -0.107. The second kappa shape index (κ2) is 3.81. The van der Waals surface area contributed by atoms with Crippen LogP contribution in [0.5, 0.6) is 5.75 Å². The Morgan fingerprint density at radius 2 is 1.32 bits per heavy atom. The van der Waals surface area contributed by atoms with Crippen LogP contribution >= 0.6 is 0 Å². The summed E-state index contributed by atoms with van der Waals surface area (Å²) in [6.45, 7) is 0. The molecule has 0 atom stereocenters. The molecule has 4 fully saturated rings. The van der Waals surface area contributed by atoms with Crippen LogP contribution in [0.4, 0.5) is 11.4 Å². The van der Waals surface area contributed by atoms with Crippen LogP contribution in [-0.2, 0) is 0 Å². The average molecular weight is 258 g/mol. The summed E-state index contributed by atoms with van der Waals surface area (Å²) < 4.78 is 6.42. The molecule has 3 heteroatoms. The average Bonchev–Trinajstić information content (AvgIpc) is 2.23. The van der Waals surface area contributed by atoms with E-state index in [4.69, 9.17) is 16.2 Å². The van der Waals surface area contributed by atoms with Crippen LogP contribution < -0.4 is 16.2 Å². The lowest BCUT2D eigenvalue weighted by Crippen LogP contribution is -2.53. The molecule has 0 unspecified atom stereocenters. The summed E-state index contributed by atoms with van der Waals surface area (Å²) in [6.07, 6.45) is 7.99. The molecule has 4 saturated carbocycles. The first-order chi connectivity index (χ1) is 9.10. The van der Waals surface area contributed by atoms with Crippen molar-refractivity contribution in [3.05, 3.63) is 18.2 Å². The molecule has 0 aromatic heterocycles. The minimum atomic E-state index is 0.0784. The number of hydrogen-bond acceptors (Lipinski definition) is 3. The molecule has 4 aliphatic rings. The number of rotatable bonds is 2. The van der Waals surface area contributed by atoms with Crippen LogP contribution in [0.25, 0.3) is 0 Å². The van der Waals surface area contributed by atoms with Crippen molar-refractivity contribution in [2.24, 2.45) is 17.8 Å². The summed E-state index contributed by atoms with van der Waals surface area (Å²) in [4.78, 5) is 0. The number of hydrogen-bond donors (Lipinski definition) is 2. The van der Waals surface area contributed by atoms with Gasteiger partial charge in [0.05, 0.1) is 0 Å². The van der Waals surface area contributed by atoms with Gasteiger partial charge in [-0.1, -0.05) is 0 Å². The van der Waals surface area contributed by atoms with E-state index >= 15 is 0 Å². The summed E-state index contributed by atoms with van der Waals surface area (Å²) in [5, 5.41) is 0. The van der Waals surface area contributed by atoms with E-state index in [0.29, 0.717) is 11.4 Å². The molecule has 1 aromatic rings. The Morgan fingerprint density at radius 1 is 0.842 bits per heavy atom. The zero-order chi connectivity index (χ0) is 13.0. The third-order valence-corrected chi connectivity index (χ3v) is 5.27. The van der Waals surface area contributed by atoms with Gasteiger partial charge in [-0.15, -0.1) is 0 Å². The quantitative estimate of drug-likeness (QED) is 0.801. The normalized spacial score (nSPS) is 39.5. The Bertz CT molecular complexity index is 456. The van der Waals surface area contributed by atoms with Gasteiger partial charge < -0.3 is 16.2 Å². The van der Waals surface area contributed by atoms with Crippen molar-refractivity contribution in [1.29, 1.82) is 0 Å². The molecule has 0 saturated heterocycles. The Labute approximate surface area is 114 Å². The van der Waals surface area contributed by atoms with Gasteiger partial charge in [-0.2, -0.15) is 0 Å². The van der Waals surface area contributed by atoms with Crippen LogP contribution in [0.3, 0.4) is 0 Å². The fourth-order valence-electron chi connectivity index (χ4n) is 5.11. The van der Waals surface area contributed by atoms with Gasteiger partial charge >= 0.3 is 0 Å². The lowest BCUT2D eigenvalue weighted by Gasteiger charge is -2.56. The SMILES string of the molecule is Nc1cc(N)cc(OC23CC4CC(CC(C4)C2)C3)c1. The number of ether oxygens (including phenoxy) is 1. The predicted octanol–water partition coefficient (Wildman–Crippen LogP) is 3.20. The van der Waals surface area contributed by atoms with E-state index in [0.717, 1.165) is 23.5 Å². The minimum Gasteiger partial charge on any atom is -0.487 e. The molecule has 3 nitrogen and oxygen atoms in total. The Kier molecular flexibility index (Phi) is 2.30. The van der Waals surface area contributed by atoms with E-state index in [9.17, 15) is 0 Å². The first-order valence-electron chi connectivity index (χ1n) is 7.45. The van der Waals surface area contributed by atoms with Crippen molar-refractivity contribution in [3.8, 4) is 5.75 Å². The monoisotopic (exact) mass is 258 g/mol. The highest BCUT2D eigenvalue weighted by Gasteiger charge is 2.52. The first-order valence-corrected chi connectivity index (χ1v) is 7.45. The maximum Gasteiger partial charge on any atom is 0.124 e. The highest BCUT2D eigenvalue weighted by atomic mass is 16.5. The second-order valence-electron chi connectivity index (χ2n) is 7.04. The number of benzene rings is 1. The largest absolute Gasteiger partial charge is 0.487 e. The third-order valence-electron chi connectivity index (χ3n) is 5.27. The molecule has 4 N–H and O–H groups in total. The molecule has 0 aliphatic heterocycles. The highest BCUT2D eigenvalue weighted by Crippen LogP contribution is 2.57. The molecular weight excluding hydrogens is 236 g/mol. The van der Waals surface area contributed by atoms with Gasteiger partial charge in [-0.25, -0.2) is 0 Å². The van der Waals surface area contributed by atoms with E-state index in [-0.39, 0.29) is 5.60 Å². The molecule has 4 bridgehead atoms. The third kappa shape index (κ3) is 1.96. The fraction of sp³-hybridized carbons (Fsp3) is 0.625. The molecule has 0 amide bonds. The molecule has 0 radical (unpaired) electrons. The summed E-state index contributed by atoms with van der Waals surface area (Å²) in [7, 11) is 0. The van der Waals surface area contributed by atoms with Crippen molar-refractivity contribution in [2.45, 2.75) is 44.1 Å². The zero-order valence-corrected chi connectivity index (χ0v) is 11.3. The molecule has 102 valence electrons. The summed E-state index contributed by atoms with van der Waals surface area (Å²) in [6, 6.07) is 5.61. The van der Waals surface area contributed by atoms with Crippen LogP contribution in [0.1, 0.15) is 38.5 Å². The highest BCUT2D eigenvalue weighted by molar-refractivity contribution is 5.56. The van der Waals surface area contributed by atoms with Crippen molar-refractivity contribution in [3.63, 3.8) is 0 Å². The molecule has 4 aliphatic carbocycles. The number of nitrogen functional groups attached to an aromatic ring is 2. The molecule has 1 aromatic carbocycles. The van der Waals surface area contributed by atoms with E-state index < -0.39 is 0 Å². The Hall–Kier alpha value is -1.38. The first kappa shape index (κ1) is 11.4. The molecular formula is C16H22N2O. The number of anilines is 2. The predicted molar refractivity (Wildman–Crippen MR) is 76.8 cm³/mol. The molecule has 19 heavy (non-hydrogen) atoms. The van der Waals surface area contributed by atoms with Gasteiger partial charge in [0.25, 0.3) is 0 Å². The van der Waals surface area contributed by atoms with E-state index in [1.54, 1.807) is 6.07 Å². The fourth-order valence-corrected chi connectivity index (χ4v) is 5.11. The smallest absolute Gasteiger partial charge is 0.124 e. The van der Waals surface area contributed by atoms with E-state index in [1.165, 1.54) is 38.5 Å². The van der Waals surface area contributed by atoms with Crippen LogP contribution in [-0.4, -0.2) is 5.60 Å². The van der Waals surface area contributed by atoms with Crippen molar-refractivity contribution in [1.82, 2.24) is 0 Å².